The first-order chi connectivity index (χ1) is 16.9. The van der Waals surface area contributed by atoms with Gasteiger partial charge in [0.05, 0.1) is 33.2 Å². The molecule has 180 valence electrons. The van der Waals surface area contributed by atoms with Crippen molar-refractivity contribution >= 4 is 40.0 Å². The Hall–Kier alpha value is -3.19. The SMILES string of the molecule is COCCCN(C(=O)c1ccccc1Cl)C(C)c1nc2ccccc2c(=O)n1-c1ccc(Cl)cc1. The predicted molar refractivity (Wildman–Crippen MR) is 140 cm³/mol. The molecule has 1 amide bonds. The fourth-order valence-electron chi connectivity index (χ4n) is 4.05. The second-order valence-electron chi connectivity index (χ2n) is 8.10. The standard InChI is InChI=1S/C27H25Cl2N3O3/c1-18(31(16-7-17-35-2)26(33)21-8-3-5-10-23(21)29)25-30-24-11-6-4-9-22(24)27(34)32(25)20-14-12-19(28)13-15-20/h3-6,8-15,18H,7,16-17H2,1-2H3. The fourth-order valence-corrected chi connectivity index (χ4v) is 4.39. The van der Waals surface area contributed by atoms with Gasteiger partial charge in [0.1, 0.15) is 5.82 Å². The molecule has 1 aromatic heterocycles. The van der Waals surface area contributed by atoms with Crippen LogP contribution in [0.4, 0.5) is 0 Å². The summed E-state index contributed by atoms with van der Waals surface area (Å²) in [4.78, 5) is 33.9. The zero-order valence-corrected chi connectivity index (χ0v) is 21.0. The van der Waals surface area contributed by atoms with Crippen molar-refractivity contribution in [3.8, 4) is 5.69 Å². The number of carbonyl (C=O) groups excluding carboxylic acids is 1. The molecule has 4 aromatic rings. The number of ether oxygens (including phenoxy) is 1. The number of amides is 1. The van der Waals surface area contributed by atoms with Gasteiger partial charge in [-0.05, 0) is 61.9 Å². The third kappa shape index (κ3) is 5.25. The Morgan fingerprint density at radius 2 is 1.71 bits per heavy atom. The Morgan fingerprint density at radius 3 is 2.43 bits per heavy atom. The lowest BCUT2D eigenvalue weighted by Crippen LogP contribution is -2.38. The van der Waals surface area contributed by atoms with Crippen LogP contribution in [0.1, 0.15) is 35.6 Å². The summed E-state index contributed by atoms with van der Waals surface area (Å²) in [6, 6.07) is 20.5. The Bertz CT molecular complexity index is 1400. The lowest BCUT2D eigenvalue weighted by molar-refractivity contribution is 0.0657. The Balaban J connectivity index is 1.89. The van der Waals surface area contributed by atoms with Crippen molar-refractivity contribution in [2.75, 3.05) is 20.3 Å². The molecule has 0 spiro atoms. The number of halogens is 2. The molecule has 0 saturated carbocycles. The van der Waals surface area contributed by atoms with E-state index < -0.39 is 6.04 Å². The first kappa shape index (κ1) is 24.9. The van der Waals surface area contributed by atoms with E-state index in [0.29, 0.717) is 57.6 Å². The average molecular weight is 510 g/mol. The highest BCUT2D eigenvalue weighted by molar-refractivity contribution is 6.33. The van der Waals surface area contributed by atoms with E-state index in [0.717, 1.165) is 0 Å². The van der Waals surface area contributed by atoms with Gasteiger partial charge in [0, 0.05) is 25.3 Å². The number of methoxy groups -OCH3 is 1. The molecule has 1 atom stereocenters. The molecule has 0 bridgehead atoms. The van der Waals surface area contributed by atoms with Crippen LogP contribution in [0, 0.1) is 0 Å². The molecular formula is C27H25Cl2N3O3. The van der Waals surface area contributed by atoms with Gasteiger partial charge < -0.3 is 9.64 Å². The topological polar surface area (TPSA) is 64.4 Å². The van der Waals surface area contributed by atoms with Crippen LogP contribution in [0.2, 0.25) is 10.0 Å². The lowest BCUT2D eigenvalue weighted by atomic mass is 10.1. The molecule has 0 fully saturated rings. The summed E-state index contributed by atoms with van der Waals surface area (Å²) in [5, 5.41) is 1.41. The number of para-hydroxylation sites is 1. The van der Waals surface area contributed by atoms with Gasteiger partial charge in [-0.25, -0.2) is 4.98 Å². The van der Waals surface area contributed by atoms with Gasteiger partial charge >= 0.3 is 0 Å². The van der Waals surface area contributed by atoms with Gasteiger partial charge in [0.15, 0.2) is 0 Å². The van der Waals surface area contributed by atoms with Crippen molar-refractivity contribution in [2.24, 2.45) is 0 Å². The van der Waals surface area contributed by atoms with Gasteiger partial charge in [-0.3, -0.25) is 14.2 Å². The number of aromatic nitrogens is 2. The largest absolute Gasteiger partial charge is 0.385 e. The summed E-state index contributed by atoms with van der Waals surface area (Å²) < 4.78 is 6.77. The van der Waals surface area contributed by atoms with Crippen molar-refractivity contribution < 1.29 is 9.53 Å². The zero-order chi connectivity index (χ0) is 24.9. The highest BCUT2D eigenvalue weighted by atomic mass is 35.5. The minimum absolute atomic E-state index is 0.221. The number of rotatable bonds is 8. The maximum Gasteiger partial charge on any atom is 0.266 e. The smallest absolute Gasteiger partial charge is 0.266 e. The van der Waals surface area contributed by atoms with Crippen LogP contribution < -0.4 is 5.56 Å². The average Bonchev–Trinajstić information content (AvgIpc) is 2.87. The van der Waals surface area contributed by atoms with Crippen molar-refractivity contribution in [3.63, 3.8) is 0 Å². The number of carbonyl (C=O) groups is 1. The number of nitrogens with zero attached hydrogens (tertiary/aromatic N) is 3. The molecule has 35 heavy (non-hydrogen) atoms. The zero-order valence-electron chi connectivity index (χ0n) is 19.4. The predicted octanol–water partition coefficient (Wildman–Crippen LogP) is 5.93. The summed E-state index contributed by atoms with van der Waals surface area (Å²) >= 11 is 12.5. The van der Waals surface area contributed by atoms with Crippen LogP contribution in [0.25, 0.3) is 16.6 Å². The van der Waals surface area contributed by atoms with E-state index in [1.54, 1.807) is 83.3 Å². The van der Waals surface area contributed by atoms with E-state index in [1.165, 1.54) is 0 Å². The van der Waals surface area contributed by atoms with E-state index in [2.05, 4.69) is 0 Å². The summed E-state index contributed by atoms with van der Waals surface area (Å²) in [6.45, 7) is 2.74. The number of benzene rings is 3. The van der Waals surface area contributed by atoms with E-state index in [9.17, 15) is 9.59 Å². The van der Waals surface area contributed by atoms with E-state index >= 15 is 0 Å². The van der Waals surface area contributed by atoms with Gasteiger partial charge in [-0.15, -0.1) is 0 Å². The minimum Gasteiger partial charge on any atom is -0.385 e. The molecule has 0 aliphatic rings. The number of fused-ring (bicyclic) bond motifs is 1. The normalized spacial score (nSPS) is 12.0. The number of hydrogen-bond donors (Lipinski definition) is 0. The van der Waals surface area contributed by atoms with Crippen LogP contribution in [0.3, 0.4) is 0 Å². The fraction of sp³-hybridized carbons (Fsp3) is 0.222. The third-order valence-electron chi connectivity index (χ3n) is 5.84. The highest BCUT2D eigenvalue weighted by Crippen LogP contribution is 2.27. The quantitative estimate of drug-likeness (QED) is 0.276. The van der Waals surface area contributed by atoms with Crippen molar-refractivity contribution in [3.05, 3.63) is 105 Å². The number of hydrogen-bond acceptors (Lipinski definition) is 4. The summed E-state index contributed by atoms with van der Waals surface area (Å²) in [7, 11) is 1.62. The Morgan fingerprint density at radius 1 is 1.03 bits per heavy atom. The second kappa shape index (κ2) is 11.0. The monoisotopic (exact) mass is 509 g/mol. The van der Waals surface area contributed by atoms with E-state index in [-0.39, 0.29) is 11.5 Å². The Kier molecular flexibility index (Phi) is 7.86. The third-order valence-corrected chi connectivity index (χ3v) is 6.42. The van der Waals surface area contributed by atoms with Gasteiger partial charge in [-0.1, -0.05) is 47.5 Å². The molecule has 0 aliphatic heterocycles. The van der Waals surface area contributed by atoms with Gasteiger partial charge in [-0.2, -0.15) is 0 Å². The van der Waals surface area contributed by atoms with Gasteiger partial charge in [0.25, 0.3) is 11.5 Å². The second-order valence-corrected chi connectivity index (χ2v) is 8.95. The lowest BCUT2D eigenvalue weighted by Gasteiger charge is -2.31. The molecule has 3 aromatic carbocycles. The minimum atomic E-state index is -0.552. The highest BCUT2D eigenvalue weighted by Gasteiger charge is 2.28. The maximum absolute atomic E-state index is 13.7. The van der Waals surface area contributed by atoms with Crippen LogP contribution in [0.15, 0.2) is 77.6 Å². The molecular weight excluding hydrogens is 485 g/mol. The molecule has 0 N–H and O–H groups in total. The first-order valence-electron chi connectivity index (χ1n) is 11.2. The van der Waals surface area contributed by atoms with Crippen LogP contribution in [0.5, 0.6) is 0 Å². The summed E-state index contributed by atoms with van der Waals surface area (Å²) in [5.41, 5.74) is 1.34. The summed E-state index contributed by atoms with van der Waals surface area (Å²) in [5.74, 6) is 0.193. The van der Waals surface area contributed by atoms with Crippen molar-refractivity contribution in [1.82, 2.24) is 14.5 Å². The molecule has 0 radical (unpaired) electrons. The molecule has 0 saturated heterocycles. The van der Waals surface area contributed by atoms with Crippen LogP contribution in [-0.2, 0) is 4.74 Å². The van der Waals surface area contributed by atoms with Gasteiger partial charge in [0.2, 0.25) is 0 Å². The van der Waals surface area contributed by atoms with E-state index in [1.807, 2.05) is 13.0 Å². The van der Waals surface area contributed by atoms with Crippen LogP contribution in [-0.4, -0.2) is 40.6 Å². The van der Waals surface area contributed by atoms with E-state index in [4.69, 9.17) is 32.9 Å². The van der Waals surface area contributed by atoms with Crippen LogP contribution >= 0.6 is 23.2 Å². The Labute approximate surface area is 213 Å². The first-order valence-corrected chi connectivity index (χ1v) is 12.0. The molecule has 4 rings (SSSR count). The molecule has 1 heterocycles. The molecule has 8 heteroatoms. The maximum atomic E-state index is 13.7. The van der Waals surface area contributed by atoms with Crippen molar-refractivity contribution in [1.29, 1.82) is 0 Å². The van der Waals surface area contributed by atoms with Crippen molar-refractivity contribution in [2.45, 2.75) is 19.4 Å². The molecule has 0 aliphatic carbocycles. The molecule has 1 unspecified atom stereocenters. The summed E-state index contributed by atoms with van der Waals surface area (Å²) in [6.07, 6.45) is 0.607. The molecule has 6 nitrogen and oxygen atoms in total.